The second kappa shape index (κ2) is 9.73. The van der Waals surface area contributed by atoms with Crippen LogP contribution in [0.3, 0.4) is 0 Å². The molecule has 0 bridgehead atoms. The SMILES string of the molecule is CCCN1C(=O)C(NC(=O)c2cc(Cl)cc(Cl)c2)N=C(c2ccc(F)cc2)c2ccccc21. The van der Waals surface area contributed by atoms with Crippen molar-refractivity contribution in [1.29, 1.82) is 0 Å². The fraction of sp³-hybridized carbons (Fsp3) is 0.160. The summed E-state index contributed by atoms with van der Waals surface area (Å²) in [5.41, 5.74) is 2.71. The van der Waals surface area contributed by atoms with Crippen LogP contribution in [-0.4, -0.2) is 30.2 Å². The third-order valence-electron chi connectivity index (χ3n) is 5.17. The largest absolute Gasteiger partial charge is 0.322 e. The predicted molar refractivity (Wildman–Crippen MR) is 129 cm³/mol. The summed E-state index contributed by atoms with van der Waals surface area (Å²) in [6.07, 6.45) is -0.495. The molecule has 0 spiro atoms. The Morgan fingerprint density at radius 1 is 1.06 bits per heavy atom. The van der Waals surface area contributed by atoms with Gasteiger partial charge in [-0.25, -0.2) is 9.38 Å². The predicted octanol–water partition coefficient (Wildman–Crippen LogP) is 5.48. The first-order valence-corrected chi connectivity index (χ1v) is 11.1. The van der Waals surface area contributed by atoms with Crippen molar-refractivity contribution < 1.29 is 14.0 Å². The van der Waals surface area contributed by atoms with E-state index < -0.39 is 12.1 Å². The summed E-state index contributed by atoms with van der Waals surface area (Å²) in [4.78, 5) is 32.8. The molecular formula is C25H20Cl2FN3O2. The number of hydrogen-bond acceptors (Lipinski definition) is 3. The van der Waals surface area contributed by atoms with Gasteiger partial charge >= 0.3 is 0 Å². The molecule has 0 radical (unpaired) electrons. The first-order chi connectivity index (χ1) is 15.9. The normalized spacial score (nSPS) is 15.5. The number of benzene rings is 3. The van der Waals surface area contributed by atoms with Gasteiger partial charge in [-0.05, 0) is 55.0 Å². The number of nitrogens with one attached hydrogen (secondary N) is 1. The van der Waals surface area contributed by atoms with Gasteiger partial charge in [-0.3, -0.25) is 9.59 Å². The average molecular weight is 484 g/mol. The summed E-state index contributed by atoms with van der Waals surface area (Å²) in [5, 5.41) is 3.31. The molecule has 2 amide bonds. The highest BCUT2D eigenvalue weighted by Crippen LogP contribution is 2.29. The maximum absolute atomic E-state index is 13.6. The van der Waals surface area contributed by atoms with Crippen molar-refractivity contribution in [2.45, 2.75) is 19.5 Å². The van der Waals surface area contributed by atoms with Crippen LogP contribution in [0.1, 0.15) is 34.8 Å². The summed E-state index contributed by atoms with van der Waals surface area (Å²) in [6, 6.07) is 17.7. The average Bonchev–Trinajstić information content (AvgIpc) is 2.90. The van der Waals surface area contributed by atoms with Gasteiger partial charge in [0, 0.05) is 33.3 Å². The molecule has 3 aromatic rings. The second-order valence-electron chi connectivity index (χ2n) is 7.53. The lowest BCUT2D eigenvalue weighted by molar-refractivity contribution is -0.120. The van der Waals surface area contributed by atoms with E-state index in [0.29, 0.717) is 45.5 Å². The van der Waals surface area contributed by atoms with Crippen molar-refractivity contribution in [2.24, 2.45) is 4.99 Å². The number of benzodiazepines with no additional fused rings is 1. The minimum absolute atomic E-state index is 0.211. The Bertz CT molecular complexity index is 1220. The highest BCUT2D eigenvalue weighted by atomic mass is 35.5. The molecule has 4 rings (SSSR count). The van der Waals surface area contributed by atoms with E-state index in [2.05, 4.69) is 10.3 Å². The zero-order valence-corrected chi connectivity index (χ0v) is 19.2. The maximum Gasteiger partial charge on any atom is 0.272 e. The van der Waals surface area contributed by atoms with E-state index in [0.717, 1.165) is 0 Å². The minimum Gasteiger partial charge on any atom is -0.322 e. The fourth-order valence-electron chi connectivity index (χ4n) is 3.71. The first kappa shape index (κ1) is 23.0. The highest BCUT2D eigenvalue weighted by Gasteiger charge is 2.32. The summed E-state index contributed by atoms with van der Waals surface area (Å²) >= 11 is 12.1. The molecule has 0 saturated heterocycles. The molecule has 168 valence electrons. The lowest BCUT2D eigenvalue weighted by atomic mass is 10.00. The second-order valence-corrected chi connectivity index (χ2v) is 8.40. The van der Waals surface area contributed by atoms with Crippen LogP contribution in [-0.2, 0) is 4.79 Å². The summed E-state index contributed by atoms with van der Waals surface area (Å²) in [6.45, 7) is 2.40. The molecular weight excluding hydrogens is 464 g/mol. The number of fused-ring (bicyclic) bond motifs is 1. The van der Waals surface area contributed by atoms with Gasteiger partial charge in [0.15, 0.2) is 0 Å². The van der Waals surface area contributed by atoms with Crippen molar-refractivity contribution in [2.75, 3.05) is 11.4 Å². The molecule has 1 N–H and O–H groups in total. The summed E-state index contributed by atoms with van der Waals surface area (Å²) in [7, 11) is 0. The molecule has 0 aromatic heterocycles. The molecule has 1 heterocycles. The van der Waals surface area contributed by atoms with Crippen LogP contribution in [0.15, 0.2) is 71.7 Å². The standard InChI is InChI=1S/C25H20Cl2FN3O2/c1-2-11-31-21-6-4-3-5-20(21)22(15-7-9-19(28)10-8-15)29-23(25(31)33)30-24(32)16-12-17(26)14-18(27)13-16/h3-10,12-14,23H,2,11H2,1H3,(H,30,32). The van der Waals surface area contributed by atoms with Crippen LogP contribution in [0, 0.1) is 5.82 Å². The molecule has 0 saturated carbocycles. The third kappa shape index (κ3) is 4.92. The van der Waals surface area contributed by atoms with Crippen LogP contribution in [0.5, 0.6) is 0 Å². The van der Waals surface area contributed by atoms with Crippen LogP contribution in [0.25, 0.3) is 0 Å². The smallest absolute Gasteiger partial charge is 0.272 e. The van der Waals surface area contributed by atoms with E-state index in [1.807, 2.05) is 31.2 Å². The van der Waals surface area contributed by atoms with Crippen LogP contribution < -0.4 is 10.2 Å². The molecule has 0 fully saturated rings. The maximum atomic E-state index is 13.6. The Hall–Kier alpha value is -3.22. The number of carbonyl (C=O) groups is 2. The van der Waals surface area contributed by atoms with Gasteiger partial charge in [-0.2, -0.15) is 0 Å². The molecule has 3 aromatic carbocycles. The van der Waals surface area contributed by atoms with Crippen molar-refractivity contribution in [3.05, 3.63) is 99.3 Å². The van der Waals surface area contributed by atoms with E-state index in [9.17, 15) is 14.0 Å². The Morgan fingerprint density at radius 2 is 1.73 bits per heavy atom. The third-order valence-corrected chi connectivity index (χ3v) is 5.60. The molecule has 1 aliphatic heterocycles. The number of halogens is 3. The van der Waals surface area contributed by atoms with Gasteiger partial charge in [-0.1, -0.05) is 48.3 Å². The van der Waals surface area contributed by atoms with Gasteiger partial charge in [0.2, 0.25) is 6.17 Å². The van der Waals surface area contributed by atoms with Gasteiger partial charge < -0.3 is 10.2 Å². The summed E-state index contributed by atoms with van der Waals surface area (Å²) < 4.78 is 13.6. The zero-order valence-electron chi connectivity index (χ0n) is 17.7. The zero-order chi connectivity index (χ0) is 23.5. The van der Waals surface area contributed by atoms with Gasteiger partial charge in [0.05, 0.1) is 11.4 Å². The number of carbonyl (C=O) groups excluding carboxylic acids is 2. The number of anilines is 1. The van der Waals surface area contributed by atoms with Gasteiger partial charge in [-0.15, -0.1) is 0 Å². The Morgan fingerprint density at radius 3 is 2.39 bits per heavy atom. The molecule has 1 unspecified atom stereocenters. The lowest BCUT2D eigenvalue weighted by Crippen LogP contribution is -2.47. The molecule has 33 heavy (non-hydrogen) atoms. The molecule has 5 nitrogen and oxygen atoms in total. The summed E-state index contributed by atoms with van der Waals surface area (Å²) in [5.74, 6) is -1.29. The molecule has 0 aliphatic carbocycles. The van der Waals surface area contributed by atoms with Crippen molar-refractivity contribution in [3.63, 3.8) is 0 Å². The van der Waals surface area contributed by atoms with Crippen molar-refractivity contribution in [3.8, 4) is 0 Å². The number of aliphatic imine (C=N–C) groups is 1. The van der Waals surface area contributed by atoms with Crippen molar-refractivity contribution >= 4 is 46.4 Å². The van der Waals surface area contributed by atoms with Crippen molar-refractivity contribution in [1.82, 2.24) is 5.32 Å². The minimum atomic E-state index is -1.20. The Kier molecular flexibility index (Phi) is 6.77. The topological polar surface area (TPSA) is 61.8 Å². The number of hydrogen-bond donors (Lipinski definition) is 1. The molecule has 8 heteroatoms. The first-order valence-electron chi connectivity index (χ1n) is 10.4. The lowest BCUT2D eigenvalue weighted by Gasteiger charge is -2.25. The number of para-hydroxylation sites is 1. The number of rotatable bonds is 5. The Balaban J connectivity index is 1.81. The van der Waals surface area contributed by atoms with Crippen LogP contribution >= 0.6 is 23.2 Å². The van der Waals surface area contributed by atoms with Gasteiger partial charge in [0.25, 0.3) is 11.8 Å². The van der Waals surface area contributed by atoms with Gasteiger partial charge in [0.1, 0.15) is 5.82 Å². The van der Waals surface area contributed by atoms with Crippen LogP contribution in [0.2, 0.25) is 10.0 Å². The van der Waals surface area contributed by atoms with Crippen LogP contribution in [0.4, 0.5) is 10.1 Å². The van der Waals surface area contributed by atoms with E-state index in [-0.39, 0.29) is 17.3 Å². The quantitative estimate of drug-likeness (QED) is 0.521. The number of amides is 2. The monoisotopic (exact) mass is 483 g/mol. The fourth-order valence-corrected chi connectivity index (χ4v) is 4.23. The van der Waals surface area contributed by atoms with E-state index in [4.69, 9.17) is 23.2 Å². The van der Waals surface area contributed by atoms with E-state index in [1.54, 1.807) is 17.0 Å². The molecule has 1 aliphatic rings. The Labute approximate surface area is 200 Å². The number of nitrogens with zero attached hydrogens (tertiary/aromatic N) is 2. The highest BCUT2D eigenvalue weighted by molar-refractivity contribution is 6.35. The van der Waals surface area contributed by atoms with E-state index in [1.165, 1.54) is 30.3 Å². The van der Waals surface area contributed by atoms with E-state index >= 15 is 0 Å². The molecule has 1 atom stereocenters.